The van der Waals surface area contributed by atoms with Gasteiger partial charge in [-0.05, 0) is 49.9 Å². The Kier molecular flexibility index (Phi) is 6.20. The van der Waals surface area contributed by atoms with Gasteiger partial charge in [-0.2, -0.15) is 0 Å². The van der Waals surface area contributed by atoms with E-state index in [9.17, 15) is 4.79 Å². The Morgan fingerprint density at radius 3 is 2.69 bits per heavy atom. The fourth-order valence-electron chi connectivity index (χ4n) is 3.08. The van der Waals surface area contributed by atoms with Crippen molar-refractivity contribution in [1.29, 1.82) is 0 Å². The summed E-state index contributed by atoms with van der Waals surface area (Å²) >= 11 is 3.37. The van der Waals surface area contributed by atoms with Crippen molar-refractivity contribution >= 4 is 33.3 Å². The molecule has 0 saturated carbocycles. The quantitative estimate of drug-likeness (QED) is 0.288. The number of hydrogen-bond acceptors (Lipinski definition) is 4. The molecule has 1 aromatic carbocycles. The monoisotopic (exact) mass is 386 g/mol. The third-order valence-electron chi connectivity index (χ3n) is 4.50. The number of aromatic nitrogens is 2. The van der Waals surface area contributed by atoms with E-state index in [0.29, 0.717) is 0 Å². The molecule has 0 radical (unpaired) electrons. The van der Waals surface area contributed by atoms with Crippen LogP contribution in [0.2, 0.25) is 0 Å². The molecule has 0 spiro atoms. The van der Waals surface area contributed by atoms with Gasteiger partial charge in [-0.25, -0.2) is 4.98 Å². The van der Waals surface area contributed by atoms with Crippen LogP contribution in [0.5, 0.6) is 0 Å². The molecule has 138 valence electrons. The Morgan fingerprint density at radius 2 is 2.00 bits per heavy atom. The average molecular weight is 387 g/mol. The number of fused-ring (bicyclic) bond motifs is 1. The molecule has 0 aliphatic rings. The highest BCUT2D eigenvalue weighted by molar-refractivity contribution is 7.99. The molecule has 3 nitrogen and oxygen atoms in total. The van der Waals surface area contributed by atoms with Crippen LogP contribution < -0.4 is 5.56 Å². The topological polar surface area (TPSA) is 34.9 Å². The molecule has 0 amide bonds. The second-order valence-electron chi connectivity index (χ2n) is 6.66. The average Bonchev–Trinajstić information content (AvgIpc) is 2.91. The van der Waals surface area contributed by atoms with E-state index >= 15 is 0 Å². The summed E-state index contributed by atoms with van der Waals surface area (Å²) in [6.07, 6.45) is 4.35. The highest BCUT2D eigenvalue weighted by Gasteiger charge is 2.19. The third-order valence-corrected chi connectivity index (χ3v) is 6.77. The summed E-state index contributed by atoms with van der Waals surface area (Å²) in [5.41, 5.74) is 3.23. The minimum absolute atomic E-state index is 0.0655. The van der Waals surface area contributed by atoms with Gasteiger partial charge in [0.25, 0.3) is 5.56 Å². The van der Waals surface area contributed by atoms with Crippen LogP contribution in [0.1, 0.15) is 49.1 Å². The predicted octanol–water partition coefficient (Wildman–Crippen LogP) is 5.91. The molecule has 0 aliphatic heterocycles. The maximum Gasteiger partial charge on any atom is 0.267 e. The number of hydrogen-bond donors (Lipinski definition) is 0. The zero-order valence-corrected chi connectivity index (χ0v) is 17.6. The van der Waals surface area contributed by atoms with Gasteiger partial charge in [0.2, 0.25) is 0 Å². The zero-order valence-electron chi connectivity index (χ0n) is 16.0. The maximum atomic E-state index is 13.4. The second-order valence-corrected chi connectivity index (χ2v) is 8.80. The van der Waals surface area contributed by atoms with E-state index in [1.165, 1.54) is 4.88 Å². The second kappa shape index (κ2) is 8.40. The van der Waals surface area contributed by atoms with Crippen LogP contribution in [0.15, 0.2) is 34.2 Å². The molecule has 26 heavy (non-hydrogen) atoms. The number of rotatable bonds is 7. The van der Waals surface area contributed by atoms with E-state index in [1.807, 2.05) is 16.7 Å². The van der Waals surface area contributed by atoms with Gasteiger partial charge in [-0.1, -0.05) is 50.6 Å². The highest BCUT2D eigenvalue weighted by Crippen LogP contribution is 2.31. The molecule has 0 saturated heterocycles. The normalized spacial score (nSPS) is 11.4. The van der Waals surface area contributed by atoms with Gasteiger partial charge in [0.05, 0.1) is 11.1 Å². The summed E-state index contributed by atoms with van der Waals surface area (Å²) in [6.45, 7) is 8.48. The van der Waals surface area contributed by atoms with Gasteiger partial charge < -0.3 is 0 Å². The lowest BCUT2D eigenvalue weighted by atomic mass is 10.1. The lowest BCUT2D eigenvalue weighted by molar-refractivity contribution is 0.815. The van der Waals surface area contributed by atoms with Gasteiger partial charge in [0.15, 0.2) is 5.16 Å². The van der Waals surface area contributed by atoms with Crippen molar-refractivity contribution in [3.8, 4) is 5.69 Å². The maximum absolute atomic E-state index is 13.4. The van der Waals surface area contributed by atoms with Crippen molar-refractivity contribution in [2.24, 2.45) is 0 Å². The first-order valence-electron chi connectivity index (χ1n) is 9.31. The number of thioether (sulfide) groups is 1. The highest BCUT2D eigenvalue weighted by atomic mass is 32.2. The number of unbranched alkanes of at least 4 members (excludes halogenated alkanes) is 1. The summed E-state index contributed by atoms with van der Waals surface area (Å²) in [7, 11) is 0. The molecule has 0 N–H and O–H groups in total. The smallest absolute Gasteiger partial charge is 0.267 e. The number of benzene rings is 1. The first kappa shape index (κ1) is 19.2. The molecular formula is C21H26N2OS2. The van der Waals surface area contributed by atoms with E-state index in [4.69, 9.17) is 4.98 Å². The van der Waals surface area contributed by atoms with Crippen LogP contribution in [0.4, 0.5) is 0 Å². The van der Waals surface area contributed by atoms with Crippen molar-refractivity contribution in [3.05, 3.63) is 50.6 Å². The molecule has 0 atom stereocenters. The van der Waals surface area contributed by atoms with Gasteiger partial charge in [0.1, 0.15) is 4.83 Å². The van der Waals surface area contributed by atoms with Crippen LogP contribution in [-0.4, -0.2) is 15.3 Å². The number of thiophene rings is 1. The van der Waals surface area contributed by atoms with Crippen LogP contribution in [0.3, 0.4) is 0 Å². The van der Waals surface area contributed by atoms with Crippen molar-refractivity contribution in [2.75, 3.05) is 5.75 Å². The van der Waals surface area contributed by atoms with Crippen LogP contribution in [0, 0.1) is 13.8 Å². The standard InChI is InChI=1S/C21H26N2OS2/c1-5-7-12-25-21-22-19-18(15(4)17(26-19)9-6-2)20(24)23(21)16-11-8-10-14(3)13-16/h8,10-11,13H,5-7,9,12H2,1-4H3. The van der Waals surface area contributed by atoms with E-state index < -0.39 is 0 Å². The third kappa shape index (κ3) is 3.74. The fourth-order valence-corrected chi connectivity index (χ4v) is 5.49. The molecule has 5 heteroatoms. The first-order valence-corrected chi connectivity index (χ1v) is 11.1. The lowest BCUT2D eigenvalue weighted by Crippen LogP contribution is -2.21. The molecule has 3 rings (SSSR count). The Balaban J connectivity index is 2.24. The Morgan fingerprint density at radius 1 is 1.19 bits per heavy atom. The van der Waals surface area contributed by atoms with Crippen LogP contribution in [0.25, 0.3) is 15.9 Å². The Hall–Kier alpha value is -1.59. The summed E-state index contributed by atoms with van der Waals surface area (Å²) in [5, 5.41) is 1.60. The van der Waals surface area contributed by atoms with Gasteiger partial charge in [-0.15, -0.1) is 11.3 Å². The Bertz CT molecular complexity index is 972. The van der Waals surface area contributed by atoms with Crippen LogP contribution in [-0.2, 0) is 6.42 Å². The molecular weight excluding hydrogens is 360 g/mol. The van der Waals surface area contributed by atoms with Gasteiger partial charge in [-0.3, -0.25) is 9.36 Å². The zero-order chi connectivity index (χ0) is 18.7. The van der Waals surface area contributed by atoms with Crippen molar-refractivity contribution in [1.82, 2.24) is 9.55 Å². The molecule has 0 unspecified atom stereocenters. The molecule has 3 aromatic rings. The summed E-state index contributed by atoms with van der Waals surface area (Å²) < 4.78 is 1.81. The predicted molar refractivity (Wildman–Crippen MR) is 114 cm³/mol. The Labute approximate surface area is 163 Å². The SMILES string of the molecule is CCCCSc1nc2sc(CCC)c(C)c2c(=O)n1-c1cccc(C)c1. The molecule has 2 aromatic heterocycles. The van der Waals surface area contributed by atoms with E-state index in [2.05, 4.69) is 39.8 Å². The number of aryl methyl sites for hydroxylation is 3. The molecule has 0 bridgehead atoms. The van der Waals surface area contributed by atoms with Crippen molar-refractivity contribution < 1.29 is 0 Å². The molecule has 2 heterocycles. The van der Waals surface area contributed by atoms with Crippen LogP contribution >= 0.6 is 23.1 Å². The minimum Gasteiger partial charge on any atom is -0.268 e. The van der Waals surface area contributed by atoms with Gasteiger partial charge >= 0.3 is 0 Å². The lowest BCUT2D eigenvalue weighted by Gasteiger charge is -2.12. The fraction of sp³-hybridized carbons (Fsp3) is 0.429. The van der Waals surface area contributed by atoms with Gasteiger partial charge in [0, 0.05) is 10.6 Å². The summed E-state index contributed by atoms with van der Waals surface area (Å²) in [6, 6.07) is 8.12. The largest absolute Gasteiger partial charge is 0.268 e. The molecule has 0 aliphatic carbocycles. The van der Waals surface area contributed by atoms with Crippen molar-refractivity contribution in [2.45, 2.75) is 58.5 Å². The first-order chi connectivity index (χ1) is 12.6. The van der Waals surface area contributed by atoms with E-state index in [-0.39, 0.29) is 5.56 Å². The van der Waals surface area contributed by atoms with E-state index in [0.717, 1.165) is 63.6 Å². The summed E-state index contributed by atoms with van der Waals surface area (Å²) in [5.74, 6) is 0.979. The minimum atomic E-state index is 0.0655. The summed E-state index contributed by atoms with van der Waals surface area (Å²) in [4.78, 5) is 20.5. The molecule has 0 fully saturated rings. The number of nitrogens with zero attached hydrogens (tertiary/aromatic N) is 2. The van der Waals surface area contributed by atoms with E-state index in [1.54, 1.807) is 23.1 Å². The van der Waals surface area contributed by atoms with Crippen molar-refractivity contribution in [3.63, 3.8) is 0 Å².